The molecule has 1 atom stereocenters. The van der Waals surface area contributed by atoms with Crippen LogP contribution < -0.4 is 6.15 Å². The molecule has 0 rings (SSSR count). The van der Waals surface area contributed by atoms with E-state index in [-0.39, 0.29) is 11.2 Å². The highest BCUT2D eigenvalue weighted by Gasteiger charge is 2.56. The van der Waals surface area contributed by atoms with Crippen LogP contribution in [0.15, 0.2) is 0 Å². The molecule has 0 aromatic carbocycles. The molecule has 18 heavy (non-hydrogen) atoms. The lowest BCUT2D eigenvalue weighted by atomic mass is 9.85. The third-order valence-electron chi connectivity index (χ3n) is 3.86. The average Bonchev–Trinajstić information content (AvgIpc) is 2.28. The molecule has 0 aromatic heterocycles. The van der Waals surface area contributed by atoms with E-state index in [2.05, 4.69) is 34.6 Å². The summed E-state index contributed by atoms with van der Waals surface area (Å²) in [5.41, 5.74) is 0. The molecule has 0 heterocycles. The van der Waals surface area contributed by atoms with Gasteiger partial charge < -0.3 is 19.4 Å². The fourth-order valence-corrected chi connectivity index (χ4v) is 5.73. The van der Waals surface area contributed by atoms with Gasteiger partial charge in [0.25, 0.3) is 0 Å². The van der Waals surface area contributed by atoms with Crippen LogP contribution in [0.3, 0.4) is 0 Å². The second kappa shape index (κ2) is 8.27. The highest BCUT2D eigenvalue weighted by molar-refractivity contribution is 6.64. The molecule has 0 saturated heterocycles. The molecular weight excluding hydrogens is 246 g/mol. The smallest absolute Gasteiger partial charge is 0.377 e. The summed E-state index contributed by atoms with van der Waals surface area (Å²) in [7, 11) is 2.50. The zero-order valence-electron chi connectivity index (χ0n) is 13.5. The zero-order chi connectivity index (χ0) is 13.7. The maximum atomic E-state index is 5.66. The first kappa shape index (κ1) is 20.4. The van der Waals surface area contributed by atoms with E-state index in [4.69, 9.17) is 13.3 Å². The summed E-state index contributed by atoms with van der Waals surface area (Å²) in [6, 6.07) is 0. The van der Waals surface area contributed by atoms with Crippen molar-refractivity contribution in [3.8, 4) is 0 Å². The van der Waals surface area contributed by atoms with E-state index in [1.807, 2.05) is 0 Å². The van der Waals surface area contributed by atoms with Gasteiger partial charge in [0.05, 0.1) is 0 Å². The molecule has 3 N–H and O–H groups in total. The van der Waals surface area contributed by atoms with Gasteiger partial charge in [0, 0.05) is 26.4 Å². The van der Waals surface area contributed by atoms with Gasteiger partial charge in [0.1, 0.15) is 0 Å². The van der Waals surface area contributed by atoms with Crippen LogP contribution in [-0.4, -0.2) is 30.1 Å². The Morgan fingerprint density at radius 1 is 1.00 bits per heavy atom. The van der Waals surface area contributed by atoms with Gasteiger partial charge in [-0.25, -0.2) is 0 Å². The molecule has 0 bridgehead atoms. The van der Waals surface area contributed by atoms with Crippen LogP contribution in [0.4, 0.5) is 0 Å². The van der Waals surface area contributed by atoms with Crippen molar-refractivity contribution >= 4 is 8.80 Å². The van der Waals surface area contributed by atoms with Crippen molar-refractivity contribution in [3.63, 3.8) is 0 Å². The van der Waals surface area contributed by atoms with Crippen molar-refractivity contribution in [1.82, 2.24) is 6.15 Å². The minimum absolute atomic E-state index is 0. The highest BCUT2D eigenvalue weighted by Crippen LogP contribution is 2.49. The molecule has 0 aliphatic rings. The van der Waals surface area contributed by atoms with Gasteiger partial charge >= 0.3 is 8.80 Å². The molecule has 0 aliphatic carbocycles. The molecule has 4 nitrogen and oxygen atoms in total. The quantitative estimate of drug-likeness (QED) is 0.685. The fourth-order valence-electron chi connectivity index (χ4n) is 2.83. The van der Waals surface area contributed by atoms with Crippen LogP contribution in [-0.2, 0) is 13.3 Å². The van der Waals surface area contributed by atoms with E-state index in [9.17, 15) is 0 Å². The Morgan fingerprint density at radius 2 is 1.39 bits per heavy atom. The van der Waals surface area contributed by atoms with Crippen molar-refractivity contribution in [1.29, 1.82) is 0 Å². The Hall–Kier alpha value is 0.0569. The van der Waals surface area contributed by atoms with Gasteiger partial charge in [-0.3, -0.25) is 0 Å². The van der Waals surface area contributed by atoms with E-state index >= 15 is 0 Å². The molecule has 1 unspecified atom stereocenters. The highest BCUT2D eigenvalue weighted by atomic mass is 28.4. The molecule has 0 aliphatic heterocycles. The summed E-state index contributed by atoms with van der Waals surface area (Å²) in [5.74, 6) is 1.23. The Labute approximate surface area is 114 Å². The van der Waals surface area contributed by atoms with Gasteiger partial charge in [-0.05, 0) is 18.3 Å². The molecule has 0 radical (unpaired) electrons. The lowest BCUT2D eigenvalue weighted by Gasteiger charge is -2.44. The van der Waals surface area contributed by atoms with Crippen LogP contribution in [0, 0.1) is 11.8 Å². The largest absolute Gasteiger partial charge is 0.506 e. The Morgan fingerprint density at radius 3 is 1.61 bits per heavy atom. The summed E-state index contributed by atoms with van der Waals surface area (Å²) < 4.78 is 17.0. The lowest BCUT2D eigenvalue weighted by Crippen LogP contribution is -2.55. The monoisotopic (exact) mass is 279 g/mol. The van der Waals surface area contributed by atoms with Gasteiger partial charge in [0.2, 0.25) is 0 Å². The molecule has 5 heteroatoms. The average molecular weight is 279 g/mol. The van der Waals surface area contributed by atoms with Crippen molar-refractivity contribution in [3.05, 3.63) is 0 Å². The molecular formula is C13H33NO3Si. The van der Waals surface area contributed by atoms with Gasteiger partial charge in [-0.2, -0.15) is 0 Å². The molecule has 0 spiro atoms. The van der Waals surface area contributed by atoms with Crippen molar-refractivity contribution in [2.45, 2.75) is 52.5 Å². The fraction of sp³-hybridized carbons (Fsp3) is 1.00. The maximum absolute atomic E-state index is 5.66. The van der Waals surface area contributed by atoms with Gasteiger partial charge in [-0.1, -0.05) is 41.0 Å². The number of hydrogen-bond acceptors (Lipinski definition) is 4. The summed E-state index contributed by atoms with van der Waals surface area (Å²) in [6.45, 7) is 11.2. The third-order valence-corrected chi connectivity index (χ3v) is 7.46. The van der Waals surface area contributed by atoms with Crippen LogP contribution in [0.5, 0.6) is 0 Å². The van der Waals surface area contributed by atoms with Crippen LogP contribution >= 0.6 is 0 Å². The minimum Gasteiger partial charge on any atom is -0.377 e. The second-order valence-corrected chi connectivity index (χ2v) is 9.25. The first-order chi connectivity index (χ1) is 7.81. The Bertz CT molecular complexity index is 210. The van der Waals surface area contributed by atoms with E-state index in [1.54, 1.807) is 21.3 Å². The number of hydrogen-bond donors (Lipinski definition) is 1. The topological polar surface area (TPSA) is 62.7 Å². The molecule has 112 valence electrons. The lowest BCUT2D eigenvalue weighted by molar-refractivity contribution is 0.0753. The summed E-state index contributed by atoms with van der Waals surface area (Å²) >= 11 is 0. The number of rotatable bonds is 8. The summed E-state index contributed by atoms with van der Waals surface area (Å²) in [4.78, 5) is 0. The summed E-state index contributed by atoms with van der Waals surface area (Å²) in [5, 5.41) is -0.0652. The Kier molecular flexibility index (Phi) is 9.36. The van der Waals surface area contributed by atoms with E-state index in [0.29, 0.717) is 11.8 Å². The van der Waals surface area contributed by atoms with Gasteiger partial charge in [-0.15, -0.1) is 0 Å². The van der Waals surface area contributed by atoms with Gasteiger partial charge in [0.15, 0.2) is 0 Å². The van der Waals surface area contributed by atoms with Crippen LogP contribution in [0.1, 0.15) is 47.5 Å². The molecule has 0 amide bonds. The first-order valence-corrected chi connectivity index (χ1v) is 8.19. The van der Waals surface area contributed by atoms with Crippen molar-refractivity contribution in [2.24, 2.45) is 11.8 Å². The zero-order valence-corrected chi connectivity index (χ0v) is 14.5. The normalized spacial score (nSPS) is 14.5. The molecule has 0 aromatic rings. The standard InChI is InChI=1S/C13H30O3Si.H3N/c1-9-12(10-11(2)3)13(4,5)17(14-6,15-7)16-8;/h11-12H,9-10H2,1-8H3;1H3. The predicted octanol–water partition coefficient (Wildman–Crippen LogP) is 3.88. The molecule has 0 fully saturated rings. The predicted molar refractivity (Wildman–Crippen MR) is 79.1 cm³/mol. The van der Waals surface area contributed by atoms with E-state index in [0.717, 1.165) is 6.42 Å². The van der Waals surface area contributed by atoms with Crippen LogP contribution in [0.25, 0.3) is 0 Å². The second-order valence-electron chi connectivity index (χ2n) is 5.62. The minimum atomic E-state index is -2.60. The summed E-state index contributed by atoms with van der Waals surface area (Å²) in [6.07, 6.45) is 2.30. The SMILES string of the molecule is CCC(CC(C)C)C(C)(C)[Si](OC)(OC)OC.N. The maximum Gasteiger partial charge on any atom is 0.506 e. The Balaban J connectivity index is 0. The molecule has 0 saturated carbocycles. The van der Waals surface area contributed by atoms with Crippen molar-refractivity contribution < 1.29 is 13.3 Å². The van der Waals surface area contributed by atoms with Crippen molar-refractivity contribution in [2.75, 3.05) is 21.3 Å². The van der Waals surface area contributed by atoms with E-state index in [1.165, 1.54) is 6.42 Å². The third kappa shape index (κ3) is 4.03. The van der Waals surface area contributed by atoms with Crippen LogP contribution in [0.2, 0.25) is 5.04 Å². The first-order valence-electron chi connectivity index (χ1n) is 6.46. The van der Waals surface area contributed by atoms with E-state index < -0.39 is 8.80 Å².